The lowest BCUT2D eigenvalue weighted by molar-refractivity contribution is -0.163. The zero-order valence-corrected chi connectivity index (χ0v) is 29.5. The maximum atomic E-state index is 13.5. The lowest BCUT2D eigenvalue weighted by Crippen LogP contribution is -2.53. The average molecular weight is 682 g/mol. The van der Waals surface area contributed by atoms with Gasteiger partial charge in [-0.3, -0.25) is 14.4 Å². The van der Waals surface area contributed by atoms with Crippen molar-refractivity contribution in [1.82, 2.24) is 19.4 Å². The molecule has 14 heteroatoms. The van der Waals surface area contributed by atoms with Gasteiger partial charge in [-0.05, 0) is 55.5 Å². The molecule has 4 rings (SSSR count). The first-order chi connectivity index (χ1) is 21.8. The van der Waals surface area contributed by atoms with Crippen molar-refractivity contribution in [2.24, 2.45) is 11.3 Å². The third kappa shape index (κ3) is 10.2. The number of amides is 2. The molecule has 1 saturated carbocycles. The van der Waals surface area contributed by atoms with Gasteiger partial charge >= 0.3 is 12.1 Å². The molecule has 0 radical (unpaired) electrons. The number of fused-ring (bicyclic) bond motifs is 3. The molecule has 2 aliphatic rings. The SMILES string of the molecule is CC(C)(C)CCC(=O)N(CC1CCC(N2CN(CC(=O)O)C(=O)c3cnc4c(ccn4COCC[Si](C)(C)C)c32)CC1)CC(F)(F)F. The largest absolute Gasteiger partial charge is 0.480 e. The summed E-state index contributed by atoms with van der Waals surface area (Å²) >= 11 is 0. The number of aromatic nitrogens is 2. The Kier molecular flexibility index (Phi) is 11.4. The minimum atomic E-state index is -4.48. The number of halogens is 3. The highest BCUT2D eigenvalue weighted by Crippen LogP contribution is 2.40. The number of hydrogen-bond donors (Lipinski definition) is 1. The summed E-state index contributed by atoms with van der Waals surface area (Å²) in [7, 11) is -1.26. The van der Waals surface area contributed by atoms with Gasteiger partial charge in [0.05, 0.1) is 17.9 Å². The van der Waals surface area contributed by atoms with Gasteiger partial charge in [-0.2, -0.15) is 13.2 Å². The van der Waals surface area contributed by atoms with E-state index < -0.39 is 45.1 Å². The molecular formula is C33H50F3N5O5Si. The molecule has 10 nitrogen and oxygen atoms in total. The second kappa shape index (κ2) is 14.5. The van der Waals surface area contributed by atoms with E-state index in [2.05, 4.69) is 29.5 Å². The molecule has 3 heterocycles. The van der Waals surface area contributed by atoms with Crippen molar-refractivity contribution in [1.29, 1.82) is 0 Å². The van der Waals surface area contributed by atoms with Gasteiger partial charge in [-0.25, -0.2) is 4.98 Å². The summed E-state index contributed by atoms with van der Waals surface area (Å²) in [6.45, 7) is 12.1. The van der Waals surface area contributed by atoms with Crippen LogP contribution in [-0.2, 0) is 21.1 Å². The zero-order valence-electron chi connectivity index (χ0n) is 28.5. The van der Waals surface area contributed by atoms with Crippen molar-refractivity contribution in [2.75, 3.05) is 37.8 Å². The number of alkyl halides is 3. The van der Waals surface area contributed by atoms with E-state index in [1.165, 1.54) is 11.1 Å². The number of aliphatic carboxylic acids is 1. The molecule has 1 N–H and O–H groups in total. The van der Waals surface area contributed by atoms with Crippen LogP contribution in [0.25, 0.3) is 11.0 Å². The zero-order chi connectivity index (χ0) is 34.7. The van der Waals surface area contributed by atoms with Crippen LogP contribution in [0.3, 0.4) is 0 Å². The van der Waals surface area contributed by atoms with Crippen LogP contribution in [0, 0.1) is 11.3 Å². The van der Waals surface area contributed by atoms with Crippen molar-refractivity contribution in [3.63, 3.8) is 0 Å². The number of ether oxygens (including phenoxy) is 1. The van der Waals surface area contributed by atoms with E-state index in [1.807, 2.05) is 37.6 Å². The third-order valence-corrected chi connectivity index (χ3v) is 10.7. The number of nitrogens with zero attached hydrogens (tertiary/aromatic N) is 5. The van der Waals surface area contributed by atoms with Gasteiger partial charge in [0.25, 0.3) is 5.91 Å². The third-order valence-electron chi connectivity index (χ3n) is 8.99. The second-order valence-corrected chi connectivity index (χ2v) is 21.1. The molecule has 2 aromatic heterocycles. The molecule has 2 amide bonds. The van der Waals surface area contributed by atoms with Crippen LogP contribution >= 0.6 is 0 Å². The smallest absolute Gasteiger partial charge is 0.406 e. The van der Waals surface area contributed by atoms with Crippen LogP contribution in [-0.4, -0.2) is 95.4 Å². The molecule has 1 fully saturated rings. The maximum absolute atomic E-state index is 13.5. The van der Waals surface area contributed by atoms with Crippen molar-refractivity contribution >= 4 is 42.6 Å². The van der Waals surface area contributed by atoms with Gasteiger partial charge in [0.2, 0.25) is 5.91 Å². The summed E-state index contributed by atoms with van der Waals surface area (Å²) in [4.78, 5) is 46.9. The molecule has 0 unspecified atom stereocenters. The molecule has 262 valence electrons. The van der Waals surface area contributed by atoms with Crippen molar-refractivity contribution in [3.8, 4) is 0 Å². The molecule has 0 saturated heterocycles. The lowest BCUT2D eigenvalue weighted by Gasteiger charge is -2.45. The Bertz CT molecular complexity index is 1430. The van der Waals surface area contributed by atoms with Gasteiger partial charge in [-0.1, -0.05) is 40.4 Å². The van der Waals surface area contributed by atoms with E-state index in [-0.39, 0.29) is 37.0 Å². The first kappa shape index (κ1) is 36.7. The number of rotatable bonds is 13. The van der Waals surface area contributed by atoms with Crippen LogP contribution < -0.4 is 4.90 Å². The fourth-order valence-corrected chi connectivity index (χ4v) is 7.13. The maximum Gasteiger partial charge on any atom is 0.406 e. The predicted molar refractivity (Wildman–Crippen MR) is 177 cm³/mol. The van der Waals surface area contributed by atoms with Gasteiger partial charge in [-0.15, -0.1) is 0 Å². The molecule has 0 atom stereocenters. The van der Waals surface area contributed by atoms with Crippen molar-refractivity contribution < 1.29 is 37.4 Å². The number of pyridine rings is 1. The molecule has 2 aromatic rings. The molecular weight excluding hydrogens is 631 g/mol. The van der Waals surface area contributed by atoms with Gasteiger partial charge in [0.15, 0.2) is 0 Å². The number of anilines is 1. The second-order valence-electron chi connectivity index (χ2n) is 15.5. The van der Waals surface area contributed by atoms with Crippen LogP contribution in [0.5, 0.6) is 0 Å². The predicted octanol–water partition coefficient (Wildman–Crippen LogP) is 6.43. The first-order valence-electron chi connectivity index (χ1n) is 16.5. The highest BCUT2D eigenvalue weighted by molar-refractivity contribution is 6.76. The topological polar surface area (TPSA) is 108 Å². The standard InChI is InChI=1S/C33H50F3N5O5Si/c1-32(2,3)13-11-27(42)39(20-33(34,35)36)18-23-7-9-24(10-8-23)41-21-40(19-28(43)44)31(45)26-17-37-30-25(29(26)41)12-14-38(30)22-46-15-16-47(4,5)6/h12,14,17,23-24H,7-11,13,15-16,18-22H2,1-6H3,(H,43,44). The van der Waals surface area contributed by atoms with Gasteiger partial charge in [0, 0.05) is 51.5 Å². The van der Waals surface area contributed by atoms with E-state index in [4.69, 9.17) is 4.74 Å². The molecule has 47 heavy (non-hydrogen) atoms. The van der Waals surface area contributed by atoms with Crippen LogP contribution in [0.15, 0.2) is 18.5 Å². The summed E-state index contributed by atoms with van der Waals surface area (Å²) < 4.78 is 48.3. The fourth-order valence-electron chi connectivity index (χ4n) is 6.37. The van der Waals surface area contributed by atoms with E-state index in [0.717, 1.165) is 16.3 Å². The Morgan fingerprint density at radius 2 is 1.81 bits per heavy atom. The number of carboxylic acid groups (broad SMARTS) is 1. The molecule has 0 aromatic carbocycles. The van der Waals surface area contributed by atoms with E-state index in [0.29, 0.717) is 62.3 Å². The average Bonchev–Trinajstić information content (AvgIpc) is 3.37. The quantitative estimate of drug-likeness (QED) is 0.192. The Morgan fingerprint density at radius 3 is 2.40 bits per heavy atom. The molecule has 1 aliphatic carbocycles. The number of hydrogen-bond acceptors (Lipinski definition) is 6. The highest BCUT2D eigenvalue weighted by atomic mass is 28.3. The minimum Gasteiger partial charge on any atom is -0.480 e. The van der Waals surface area contributed by atoms with Crippen LogP contribution in [0.2, 0.25) is 25.7 Å². The monoisotopic (exact) mass is 681 g/mol. The molecule has 0 spiro atoms. The van der Waals surface area contributed by atoms with Gasteiger partial charge in [0.1, 0.15) is 25.5 Å². The van der Waals surface area contributed by atoms with E-state index in [9.17, 15) is 32.7 Å². The molecule has 0 bridgehead atoms. The Hall–Kier alpha value is -3.13. The van der Waals surface area contributed by atoms with Crippen LogP contribution in [0.1, 0.15) is 69.7 Å². The molecule has 1 aliphatic heterocycles. The summed E-state index contributed by atoms with van der Waals surface area (Å²) in [5.74, 6) is -2.10. The summed E-state index contributed by atoms with van der Waals surface area (Å²) in [6, 6.07) is 2.85. The van der Waals surface area contributed by atoms with Crippen LogP contribution in [0.4, 0.5) is 18.9 Å². The van der Waals surface area contributed by atoms with Gasteiger partial charge < -0.3 is 29.1 Å². The Labute approximate surface area is 276 Å². The highest BCUT2D eigenvalue weighted by Gasteiger charge is 2.39. The summed E-state index contributed by atoms with van der Waals surface area (Å²) in [5, 5.41) is 10.3. The Morgan fingerprint density at radius 1 is 1.13 bits per heavy atom. The van der Waals surface area contributed by atoms with E-state index in [1.54, 1.807) is 0 Å². The fraction of sp³-hybridized carbons (Fsp3) is 0.697. The number of carbonyl (C=O) groups excluding carboxylic acids is 2. The van der Waals surface area contributed by atoms with Crippen molar-refractivity contribution in [3.05, 3.63) is 24.0 Å². The number of carbonyl (C=O) groups is 3. The summed E-state index contributed by atoms with van der Waals surface area (Å²) in [6.07, 6.45) is 1.92. The Balaban J connectivity index is 1.53. The number of carboxylic acids is 1. The minimum absolute atomic E-state index is 0.0458. The lowest BCUT2D eigenvalue weighted by atomic mass is 9.84. The van der Waals surface area contributed by atoms with E-state index >= 15 is 0 Å². The summed E-state index contributed by atoms with van der Waals surface area (Å²) in [5.41, 5.74) is 1.51. The van der Waals surface area contributed by atoms with Crippen molar-refractivity contribution in [2.45, 2.75) is 104 Å². The first-order valence-corrected chi connectivity index (χ1v) is 20.2. The normalized spacial score (nSPS) is 19.3.